The minimum atomic E-state index is -1.85. The van der Waals surface area contributed by atoms with Gasteiger partial charge in [0.2, 0.25) is 0 Å². The van der Waals surface area contributed by atoms with Crippen LogP contribution in [0.15, 0.2) is 12.1 Å². The number of Topliss-reactive ketones (excluding diaryl/α,β-unsaturated/α-hetero) is 1. The van der Waals surface area contributed by atoms with E-state index < -0.39 is 11.5 Å². The lowest BCUT2D eigenvalue weighted by Gasteiger charge is -2.19. The molecule has 1 aliphatic heterocycles. The molecule has 1 atom stereocenters. The van der Waals surface area contributed by atoms with Gasteiger partial charge in [0.1, 0.15) is 5.78 Å². The topological polar surface area (TPSA) is 66.4 Å². The summed E-state index contributed by atoms with van der Waals surface area (Å²) in [7, 11) is 0. The molecule has 1 unspecified atom stereocenters. The smallest absolute Gasteiger partial charge is 0.261 e. The lowest BCUT2D eigenvalue weighted by molar-refractivity contribution is -0.139. The van der Waals surface area contributed by atoms with Crippen LogP contribution in [-0.4, -0.2) is 16.8 Å². The van der Waals surface area contributed by atoms with Crippen molar-refractivity contribution in [2.24, 2.45) is 0 Å². The maximum Gasteiger partial charge on any atom is 0.261 e. The molecule has 0 fully saturated rings. The standard InChI is InChI=1S/C11H9Cl2NO3/c1-5(15)4-11(17)6-2-3-7(12)8(13)9(6)14-10(11)16/h2-3,17H,4H2,1H3,(H,14,16). The molecule has 1 heterocycles. The van der Waals surface area contributed by atoms with Crippen molar-refractivity contribution in [2.45, 2.75) is 18.9 Å². The van der Waals surface area contributed by atoms with Crippen LogP contribution >= 0.6 is 23.2 Å². The second-order valence-corrected chi connectivity index (χ2v) is 4.76. The first-order valence-corrected chi connectivity index (χ1v) is 5.63. The van der Waals surface area contributed by atoms with Gasteiger partial charge in [-0.2, -0.15) is 0 Å². The molecule has 17 heavy (non-hydrogen) atoms. The third-order valence-electron chi connectivity index (χ3n) is 2.66. The van der Waals surface area contributed by atoms with Gasteiger partial charge in [0, 0.05) is 12.0 Å². The van der Waals surface area contributed by atoms with Crippen molar-refractivity contribution in [1.82, 2.24) is 0 Å². The zero-order valence-electron chi connectivity index (χ0n) is 8.88. The van der Waals surface area contributed by atoms with Gasteiger partial charge in [-0.15, -0.1) is 0 Å². The molecule has 2 N–H and O–H groups in total. The maximum absolute atomic E-state index is 11.7. The van der Waals surface area contributed by atoms with Crippen molar-refractivity contribution >= 4 is 40.6 Å². The number of aliphatic hydroxyl groups is 1. The number of anilines is 1. The third-order valence-corrected chi connectivity index (χ3v) is 3.46. The van der Waals surface area contributed by atoms with E-state index in [-0.39, 0.29) is 33.5 Å². The molecule has 0 saturated heterocycles. The fraction of sp³-hybridized carbons (Fsp3) is 0.273. The zero-order chi connectivity index (χ0) is 12.8. The molecule has 0 spiro atoms. The molecule has 2 rings (SSSR count). The highest BCUT2D eigenvalue weighted by Crippen LogP contribution is 2.44. The number of ketones is 1. The highest BCUT2D eigenvalue weighted by molar-refractivity contribution is 6.44. The van der Waals surface area contributed by atoms with Gasteiger partial charge in [-0.3, -0.25) is 9.59 Å². The Bertz CT molecular complexity index is 530. The van der Waals surface area contributed by atoms with Gasteiger partial charge in [0.05, 0.1) is 15.7 Å². The molecule has 1 aliphatic rings. The molecule has 0 bridgehead atoms. The fourth-order valence-electron chi connectivity index (χ4n) is 1.89. The van der Waals surface area contributed by atoms with Gasteiger partial charge in [0.25, 0.3) is 5.91 Å². The Morgan fingerprint density at radius 1 is 1.47 bits per heavy atom. The van der Waals surface area contributed by atoms with Crippen LogP contribution in [0, 0.1) is 0 Å². The summed E-state index contributed by atoms with van der Waals surface area (Å²) in [5.41, 5.74) is -1.30. The molecule has 0 saturated carbocycles. The van der Waals surface area contributed by atoms with Crippen molar-refractivity contribution < 1.29 is 14.7 Å². The predicted molar refractivity (Wildman–Crippen MR) is 64.3 cm³/mol. The predicted octanol–water partition coefficient (Wildman–Crippen LogP) is 2.11. The van der Waals surface area contributed by atoms with Crippen molar-refractivity contribution in [3.05, 3.63) is 27.7 Å². The minimum Gasteiger partial charge on any atom is -0.375 e. The molecule has 1 amide bonds. The monoisotopic (exact) mass is 273 g/mol. The summed E-state index contributed by atoms with van der Waals surface area (Å²) in [4.78, 5) is 22.9. The van der Waals surface area contributed by atoms with E-state index >= 15 is 0 Å². The van der Waals surface area contributed by atoms with E-state index in [9.17, 15) is 14.7 Å². The van der Waals surface area contributed by atoms with Crippen molar-refractivity contribution in [3.63, 3.8) is 0 Å². The Kier molecular flexibility index (Phi) is 2.89. The Hall–Kier alpha value is -1.10. The molecule has 1 aromatic carbocycles. The van der Waals surface area contributed by atoms with Gasteiger partial charge in [-0.1, -0.05) is 29.3 Å². The molecule has 90 valence electrons. The number of nitrogens with one attached hydrogen (secondary N) is 1. The molecule has 0 aliphatic carbocycles. The van der Waals surface area contributed by atoms with Crippen LogP contribution in [0.4, 0.5) is 5.69 Å². The number of carbonyl (C=O) groups excluding carboxylic acids is 2. The lowest BCUT2D eigenvalue weighted by Crippen LogP contribution is -2.35. The van der Waals surface area contributed by atoms with E-state index in [4.69, 9.17) is 23.2 Å². The average Bonchev–Trinajstić information content (AvgIpc) is 2.46. The number of hydrogen-bond donors (Lipinski definition) is 2. The van der Waals surface area contributed by atoms with E-state index in [1.807, 2.05) is 0 Å². The lowest BCUT2D eigenvalue weighted by atomic mass is 9.90. The molecule has 0 radical (unpaired) electrons. The number of halogens is 2. The summed E-state index contributed by atoms with van der Waals surface area (Å²) < 4.78 is 0. The Morgan fingerprint density at radius 3 is 2.71 bits per heavy atom. The Labute approximate surface area is 108 Å². The van der Waals surface area contributed by atoms with Crippen LogP contribution in [0.3, 0.4) is 0 Å². The van der Waals surface area contributed by atoms with Crippen LogP contribution in [0.1, 0.15) is 18.9 Å². The van der Waals surface area contributed by atoms with Gasteiger partial charge in [-0.05, 0) is 13.0 Å². The SMILES string of the molecule is CC(=O)CC1(O)C(=O)Nc2c1ccc(Cl)c2Cl. The van der Waals surface area contributed by atoms with Gasteiger partial charge in [0.15, 0.2) is 5.60 Å². The Morgan fingerprint density at radius 2 is 2.12 bits per heavy atom. The number of fused-ring (bicyclic) bond motifs is 1. The van der Waals surface area contributed by atoms with Crippen LogP contribution in [-0.2, 0) is 15.2 Å². The molecule has 1 aromatic rings. The van der Waals surface area contributed by atoms with Crippen LogP contribution in [0.25, 0.3) is 0 Å². The summed E-state index contributed by atoms with van der Waals surface area (Å²) in [6, 6.07) is 2.97. The number of hydrogen-bond acceptors (Lipinski definition) is 3. The summed E-state index contributed by atoms with van der Waals surface area (Å²) in [6.07, 6.45) is -0.288. The van der Waals surface area contributed by atoms with E-state index in [0.717, 1.165) is 0 Å². The zero-order valence-corrected chi connectivity index (χ0v) is 10.4. The molecular weight excluding hydrogens is 265 g/mol. The fourth-order valence-corrected chi connectivity index (χ4v) is 2.26. The van der Waals surface area contributed by atoms with E-state index in [2.05, 4.69) is 5.32 Å². The molecular formula is C11H9Cl2NO3. The number of rotatable bonds is 2. The largest absolute Gasteiger partial charge is 0.375 e. The highest BCUT2D eigenvalue weighted by atomic mass is 35.5. The van der Waals surface area contributed by atoms with Crippen molar-refractivity contribution in [2.75, 3.05) is 5.32 Å². The van der Waals surface area contributed by atoms with E-state index in [1.165, 1.54) is 19.1 Å². The average molecular weight is 274 g/mol. The van der Waals surface area contributed by atoms with Crippen LogP contribution in [0.5, 0.6) is 0 Å². The number of amides is 1. The van der Waals surface area contributed by atoms with Gasteiger partial charge < -0.3 is 10.4 Å². The summed E-state index contributed by atoms with van der Waals surface area (Å²) >= 11 is 11.7. The first-order chi connectivity index (χ1) is 7.86. The van der Waals surface area contributed by atoms with Crippen LogP contribution in [0.2, 0.25) is 10.0 Å². The number of carbonyl (C=O) groups is 2. The summed E-state index contributed by atoms with van der Waals surface area (Å²) in [6.45, 7) is 1.31. The van der Waals surface area contributed by atoms with E-state index in [0.29, 0.717) is 0 Å². The second kappa shape index (κ2) is 3.98. The molecule has 6 heteroatoms. The van der Waals surface area contributed by atoms with Crippen LogP contribution < -0.4 is 5.32 Å². The maximum atomic E-state index is 11.7. The van der Waals surface area contributed by atoms with E-state index in [1.54, 1.807) is 0 Å². The Balaban J connectivity index is 2.59. The van der Waals surface area contributed by atoms with Gasteiger partial charge in [-0.25, -0.2) is 0 Å². The number of benzene rings is 1. The first kappa shape index (κ1) is 12.4. The quantitative estimate of drug-likeness (QED) is 0.868. The van der Waals surface area contributed by atoms with Crippen molar-refractivity contribution in [3.8, 4) is 0 Å². The summed E-state index contributed by atoms with van der Waals surface area (Å²) in [5.74, 6) is -0.951. The normalized spacial score (nSPS) is 22.2. The van der Waals surface area contributed by atoms with Gasteiger partial charge >= 0.3 is 0 Å². The molecule has 0 aromatic heterocycles. The minimum absolute atomic E-state index is 0.164. The first-order valence-electron chi connectivity index (χ1n) is 4.88. The molecule has 4 nitrogen and oxygen atoms in total. The van der Waals surface area contributed by atoms with Crippen molar-refractivity contribution in [1.29, 1.82) is 0 Å². The summed E-state index contributed by atoms with van der Waals surface area (Å²) in [5, 5.41) is 13.1. The third kappa shape index (κ3) is 1.82. The second-order valence-electron chi connectivity index (χ2n) is 3.98. The highest BCUT2D eigenvalue weighted by Gasteiger charge is 2.47.